The molecule has 1 N–H and O–H groups in total. The van der Waals surface area contributed by atoms with Gasteiger partial charge in [-0.1, -0.05) is 34.8 Å². The molecule has 2 rings (SSSR count). The van der Waals surface area contributed by atoms with Crippen molar-refractivity contribution in [2.24, 2.45) is 0 Å². The van der Waals surface area contributed by atoms with E-state index in [1.54, 1.807) is 6.07 Å². The van der Waals surface area contributed by atoms with Crippen molar-refractivity contribution in [2.75, 3.05) is 0 Å². The van der Waals surface area contributed by atoms with Gasteiger partial charge in [0, 0.05) is 16.1 Å². The molecular formula is C12H6Cl3NO2. The molecule has 2 aromatic rings. The van der Waals surface area contributed by atoms with Crippen molar-refractivity contribution in [2.45, 2.75) is 0 Å². The van der Waals surface area contributed by atoms with E-state index in [1.165, 1.54) is 18.2 Å². The first-order chi connectivity index (χ1) is 8.52. The van der Waals surface area contributed by atoms with Crippen LogP contribution in [0.5, 0.6) is 0 Å². The van der Waals surface area contributed by atoms with Crippen LogP contribution in [0, 0.1) is 0 Å². The molecule has 1 aromatic heterocycles. The average molecular weight is 303 g/mol. The highest BCUT2D eigenvalue weighted by molar-refractivity contribution is 6.45. The van der Waals surface area contributed by atoms with E-state index in [9.17, 15) is 9.59 Å². The summed E-state index contributed by atoms with van der Waals surface area (Å²) in [5.41, 5.74) is 0.482. The Morgan fingerprint density at radius 2 is 1.78 bits per heavy atom. The van der Waals surface area contributed by atoms with Crippen LogP contribution in [0.25, 0.3) is 11.1 Å². The first kappa shape index (κ1) is 13.1. The third-order valence-corrected chi connectivity index (χ3v) is 3.36. The predicted molar refractivity (Wildman–Crippen MR) is 72.9 cm³/mol. The number of halogens is 3. The molecule has 0 aliphatic carbocycles. The molecule has 0 aliphatic rings. The minimum Gasteiger partial charge on any atom is -0.319 e. The molecule has 1 aromatic carbocycles. The van der Waals surface area contributed by atoms with Gasteiger partial charge in [-0.2, -0.15) is 0 Å². The lowest BCUT2D eigenvalue weighted by Gasteiger charge is -2.06. The Labute approximate surface area is 117 Å². The highest BCUT2D eigenvalue weighted by Crippen LogP contribution is 2.35. The highest BCUT2D eigenvalue weighted by Gasteiger charge is 2.12. The summed E-state index contributed by atoms with van der Waals surface area (Å²) >= 11 is 17.8. The number of H-pyrrole nitrogens is 1. The Hall–Kier alpha value is -1.29. The van der Waals surface area contributed by atoms with Crippen molar-refractivity contribution in [3.8, 4) is 11.1 Å². The van der Waals surface area contributed by atoms with Gasteiger partial charge < -0.3 is 4.98 Å². The molecule has 0 amide bonds. The van der Waals surface area contributed by atoms with Crippen LogP contribution in [0.15, 0.2) is 29.1 Å². The molecule has 0 spiro atoms. The number of rotatable bonds is 2. The van der Waals surface area contributed by atoms with Gasteiger partial charge in [0.15, 0.2) is 6.29 Å². The molecule has 6 heteroatoms. The van der Waals surface area contributed by atoms with Gasteiger partial charge in [-0.15, -0.1) is 0 Å². The van der Waals surface area contributed by atoms with Crippen LogP contribution in [0.1, 0.15) is 10.5 Å². The van der Waals surface area contributed by atoms with Crippen LogP contribution >= 0.6 is 34.8 Å². The Kier molecular flexibility index (Phi) is 3.76. The number of carbonyl (C=O) groups excluding carboxylic acids is 1. The topological polar surface area (TPSA) is 49.9 Å². The number of hydrogen-bond donors (Lipinski definition) is 1. The minimum absolute atomic E-state index is 0.188. The van der Waals surface area contributed by atoms with Crippen molar-refractivity contribution in [1.82, 2.24) is 4.98 Å². The van der Waals surface area contributed by atoms with Gasteiger partial charge in [0.05, 0.1) is 15.7 Å². The number of aldehydes is 1. The number of hydrogen-bond acceptors (Lipinski definition) is 2. The van der Waals surface area contributed by atoms with Crippen molar-refractivity contribution in [1.29, 1.82) is 0 Å². The third kappa shape index (κ3) is 2.43. The summed E-state index contributed by atoms with van der Waals surface area (Å²) < 4.78 is 0. The fraction of sp³-hybridized carbons (Fsp3) is 0. The van der Waals surface area contributed by atoms with E-state index >= 15 is 0 Å². The lowest BCUT2D eigenvalue weighted by atomic mass is 10.1. The van der Waals surface area contributed by atoms with Crippen LogP contribution < -0.4 is 5.56 Å². The number of nitrogens with one attached hydrogen (secondary N) is 1. The molecule has 92 valence electrons. The lowest BCUT2D eigenvalue weighted by molar-refractivity contribution is 0.111. The maximum Gasteiger partial charge on any atom is 0.256 e. The van der Waals surface area contributed by atoms with Gasteiger partial charge in [-0.3, -0.25) is 9.59 Å². The van der Waals surface area contributed by atoms with E-state index in [1.807, 2.05) is 0 Å². The molecule has 0 saturated heterocycles. The largest absolute Gasteiger partial charge is 0.319 e. The first-order valence-electron chi connectivity index (χ1n) is 4.86. The summed E-state index contributed by atoms with van der Waals surface area (Å²) in [4.78, 5) is 24.8. The summed E-state index contributed by atoms with van der Waals surface area (Å²) in [6.07, 6.45) is 0.553. The van der Waals surface area contributed by atoms with Crippen LogP contribution in [-0.4, -0.2) is 11.3 Å². The average Bonchev–Trinajstić information content (AvgIpc) is 2.34. The van der Waals surface area contributed by atoms with E-state index in [2.05, 4.69) is 4.98 Å². The van der Waals surface area contributed by atoms with Crippen LogP contribution in [0.3, 0.4) is 0 Å². The van der Waals surface area contributed by atoms with Gasteiger partial charge in [-0.05, 0) is 24.3 Å². The van der Waals surface area contributed by atoms with E-state index < -0.39 is 5.56 Å². The molecule has 0 atom stereocenters. The highest BCUT2D eigenvalue weighted by atomic mass is 35.5. The molecule has 0 fully saturated rings. The molecule has 0 bridgehead atoms. The molecule has 3 nitrogen and oxygen atoms in total. The van der Waals surface area contributed by atoms with Gasteiger partial charge in [0.25, 0.3) is 5.56 Å². The second kappa shape index (κ2) is 5.14. The van der Waals surface area contributed by atoms with Gasteiger partial charge in [-0.25, -0.2) is 0 Å². The van der Waals surface area contributed by atoms with E-state index in [0.717, 1.165) is 0 Å². The predicted octanol–water partition coefficient (Wildman–Crippen LogP) is 3.81. The summed E-state index contributed by atoms with van der Waals surface area (Å²) in [6.45, 7) is 0. The Morgan fingerprint density at radius 3 is 2.39 bits per heavy atom. The Balaban J connectivity index is 2.69. The maximum absolute atomic E-state index is 11.8. The number of pyridine rings is 1. The van der Waals surface area contributed by atoms with E-state index in [4.69, 9.17) is 34.8 Å². The van der Waals surface area contributed by atoms with Crippen LogP contribution in [-0.2, 0) is 0 Å². The summed E-state index contributed by atoms with van der Waals surface area (Å²) in [5, 5.41) is 0.877. The smallest absolute Gasteiger partial charge is 0.256 e. The Bertz CT molecular complexity index is 680. The first-order valence-corrected chi connectivity index (χ1v) is 5.99. The summed E-state index contributed by atoms with van der Waals surface area (Å²) in [7, 11) is 0. The molecule has 1 heterocycles. The van der Waals surface area contributed by atoms with E-state index in [0.29, 0.717) is 22.4 Å². The van der Waals surface area contributed by atoms with Crippen LogP contribution in [0.4, 0.5) is 0 Å². The second-order valence-electron chi connectivity index (χ2n) is 3.52. The fourth-order valence-electron chi connectivity index (χ4n) is 1.52. The quantitative estimate of drug-likeness (QED) is 0.677. The number of aromatic nitrogens is 1. The monoisotopic (exact) mass is 301 g/mol. The van der Waals surface area contributed by atoms with Crippen molar-refractivity contribution < 1.29 is 4.79 Å². The SMILES string of the molecule is O=Cc1ccc(-c2cc(Cl)cc(Cl)c2Cl)c(=O)[nH]1. The van der Waals surface area contributed by atoms with Crippen molar-refractivity contribution >= 4 is 41.1 Å². The lowest BCUT2D eigenvalue weighted by Crippen LogP contribution is -2.11. The van der Waals surface area contributed by atoms with Gasteiger partial charge >= 0.3 is 0 Å². The summed E-state index contributed by atoms with van der Waals surface area (Å²) in [6, 6.07) is 6.01. The number of aromatic amines is 1. The third-order valence-electron chi connectivity index (χ3n) is 2.34. The van der Waals surface area contributed by atoms with Gasteiger partial charge in [0.1, 0.15) is 0 Å². The zero-order valence-corrected chi connectivity index (χ0v) is 11.1. The summed E-state index contributed by atoms with van der Waals surface area (Å²) in [5.74, 6) is 0. The second-order valence-corrected chi connectivity index (χ2v) is 4.75. The molecular weight excluding hydrogens is 296 g/mol. The zero-order chi connectivity index (χ0) is 13.3. The fourth-order valence-corrected chi connectivity index (χ4v) is 2.23. The Morgan fingerprint density at radius 1 is 1.06 bits per heavy atom. The number of carbonyl (C=O) groups is 1. The molecule has 0 saturated carbocycles. The minimum atomic E-state index is -0.431. The van der Waals surface area contributed by atoms with E-state index in [-0.39, 0.29) is 15.7 Å². The van der Waals surface area contributed by atoms with Gasteiger partial charge in [0.2, 0.25) is 0 Å². The van der Waals surface area contributed by atoms with Crippen LogP contribution in [0.2, 0.25) is 15.1 Å². The molecule has 0 aliphatic heterocycles. The maximum atomic E-state index is 11.8. The van der Waals surface area contributed by atoms with Crippen molar-refractivity contribution in [3.05, 3.63) is 55.4 Å². The molecule has 0 unspecified atom stereocenters. The standard InChI is InChI=1S/C12H6Cl3NO2/c13-6-3-9(11(15)10(14)4-6)8-2-1-7(5-17)16-12(8)18/h1-5H,(H,16,18). The molecule has 18 heavy (non-hydrogen) atoms. The zero-order valence-electron chi connectivity index (χ0n) is 8.84. The number of benzene rings is 1. The normalized spacial score (nSPS) is 10.4. The van der Waals surface area contributed by atoms with Crippen molar-refractivity contribution in [3.63, 3.8) is 0 Å². The molecule has 0 radical (unpaired) electrons.